The van der Waals surface area contributed by atoms with Crippen molar-refractivity contribution in [1.82, 2.24) is 10.2 Å². The maximum Gasteiger partial charge on any atom is 0.334 e. The number of nitrogens with one attached hydrogen (secondary N) is 1. The van der Waals surface area contributed by atoms with Crippen molar-refractivity contribution in [1.29, 1.82) is 0 Å². The monoisotopic (exact) mass is 244 g/mol. The van der Waals surface area contributed by atoms with Crippen molar-refractivity contribution in [2.45, 2.75) is 6.92 Å². The zero-order valence-electron chi connectivity index (χ0n) is 11.1. The number of ether oxygens (including phenoxy) is 2. The predicted octanol–water partition coefficient (Wildman–Crippen LogP) is 0.274. The normalized spacial score (nSPS) is 10.6. The molecule has 0 unspecified atom stereocenters. The standard InChI is InChI=1S/C12H24N2O3/c1-5-17-12(15)11(2)10-13-6-7-14(3)8-9-16-4/h13H,2,5-10H2,1,3-4H3. The molecule has 0 saturated heterocycles. The highest BCUT2D eigenvalue weighted by Crippen LogP contribution is 1.92. The number of carbonyl (C=O) groups excluding carboxylic acids is 1. The molecular weight excluding hydrogens is 220 g/mol. The van der Waals surface area contributed by atoms with Gasteiger partial charge in [-0.1, -0.05) is 6.58 Å². The average molecular weight is 244 g/mol. The maximum atomic E-state index is 11.2. The van der Waals surface area contributed by atoms with E-state index in [4.69, 9.17) is 9.47 Å². The minimum absolute atomic E-state index is 0.326. The van der Waals surface area contributed by atoms with Gasteiger partial charge in [-0.05, 0) is 14.0 Å². The largest absolute Gasteiger partial charge is 0.463 e. The Morgan fingerprint density at radius 1 is 1.41 bits per heavy atom. The molecule has 0 aliphatic carbocycles. The molecule has 0 aromatic heterocycles. The molecule has 0 aromatic rings. The smallest absolute Gasteiger partial charge is 0.334 e. The van der Waals surface area contributed by atoms with Crippen LogP contribution in [0.3, 0.4) is 0 Å². The Morgan fingerprint density at radius 3 is 2.71 bits per heavy atom. The van der Waals surface area contributed by atoms with Gasteiger partial charge in [-0.15, -0.1) is 0 Å². The van der Waals surface area contributed by atoms with E-state index in [2.05, 4.69) is 16.8 Å². The number of hydrogen-bond acceptors (Lipinski definition) is 5. The molecule has 0 fully saturated rings. The van der Waals surface area contributed by atoms with Crippen molar-refractivity contribution >= 4 is 5.97 Å². The lowest BCUT2D eigenvalue weighted by Crippen LogP contribution is -2.33. The molecule has 17 heavy (non-hydrogen) atoms. The van der Waals surface area contributed by atoms with E-state index >= 15 is 0 Å². The summed E-state index contributed by atoms with van der Waals surface area (Å²) in [6.07, 6.45) is 0. The summed E-state index contributed by atoms with van der Waals surface area (Å²) in [6, 6.07) is 0. The fraction of sp³-hybridized carbons (Fsp3) is 0.750. The SMILES string of the molecule is C=C(CNCCN(C)CCOC)C(=O)OCC. The van der Waals surface area contributed by atoms with Crippen LogP contribution in [0, 0.1) is 0 Å². The van der Waals surface area contributed by atoms with Crippen LogP contribution in [0.5, 0.6) is 0 Å². The van der Waals surface area contributed by atoms with E-state index in [9.17, 15) is 4.79 Å². The first-order valence-corrected chi connectivity index (χ1v) is 5.84. The molecule has 0 amide bonds. The van der Waals surface area contributed by atoms with Crippen molar-refractivity contribution in [3.05, 3.63) is 12.2 Å². The first kappa shape index (κ1) is 16.1. The Morgan fingerprint density at radius 2 is 2.12 bits per heavy atom. The minimum Gasteiger partial charge on any atom is -0.463 e. The van der Waals surface area contributed by atoms with Crippen LogP contribution in [0.25, 0.3) is 0 Å². The van der Waals surface area contributed by atoms with E-state index in [0.29, 0.717) is 18.7 Å². The molecule has 0 radical (unpaired) electrons. The number of nitrogens with zero attached hydrogens (tertiary/aromatic N) is 1. The van der Waals surface area contributed by atoms with Gasteiger partial charge in [0.1, 0.15) is 0 Å². The molecule has 0 spiro atoms. The van der Waals surface area contributed by atoms with Gasteiger partial charge in [0.15, 0.2) is 0 Å². The summed E-state index contributed by atoms with van der Waals surface area (Å²) < 4.78 is 9.81. The Labute approximate surface area is 104 Å². The molecule has 0 saturated carbocycles. The van der Waals surface area contributed by atoms with Gasteiger partial charge < -0.3 is 19.7 Å². The zero-order chi connectivity index (χ0) is 13.1. The van der Waals surface area contributed by atoms with Crippen molar-refractivity contribution in [2.24, 2.45) is 0 Å². The minimum atomic E-state index is -0.326. The maximum absolute atomic E-state index is 11.2. The second kappa shape index (κ2) is 10.3. The molecule has 0 aromatic carbocycles. The number of carbonyl (C=O) groups is 1. The molecule has 0 aliphatic rings. The molecule has 1 N–H and O–H groups in total. The third-order valence-electron chi connectivity index (χ3n) is 2.25. The van der Waals surface area contributed by atoms with Crippen LogP contribution in [0.1, 0.15) is 6.92 Å². The Bertz CT molecular complexity index is 232. The summed E-state index contributed by atoms with van der Waals surface area (Å²) >= 11 is 0. The van der Waals surface area contributed by atoms with Crippen LogP contribution >= 0.6 is 0 Å². The Hall–Kier alpha value is -0.910. The zero-order valence-corrected chi connectivity index (χ0v) is 11.1. The number of hydrogen-bond donors (Lipinski definition) is 1. The van der Waals surface area contributed by atoms with E-state index in [-0.39, 0.29) is 5.97 Å². The lowest BCUT2D eigenvalue weighted by atomic mass is 10.3. The van der Waals surface area contributed by atoms with Gasteiger partial charge in [-0.25, -0.2) is 4.79 Å². The predicted molar refractivity (Wildman–Crippen MR) is 68.0 cm³/mol. The summed E-state index contributed by atoms with van der Waals surface area (Å²) in [7, 11) is 3.72. The molecular formula is C12H24N2O3. The highest BCUT2D eigenvalue weighted by Gasteiger charge is 2.06. The van der Waals surface area contributed by atoms with Gasteiger partial charge >= 0.3 is 5.97 Å². The van der Waals surface area contributed by atoms with Gasteiger partial charge in [0.2, 0.25) is 0 Å². The van der Waals surface area contributed by atoms with E-state index in [1.165, 1.54) is 0 Å². The van der Waals surface area contributed by atoms with Crippen LogP contribution in [-0.2, 0) is 14.3 Å². The highest BCUT2D eigenvalue weighted by molar-refractivity contribution is 5.88. The first-order valence-electron chi connectivity index (χ1n) is 5.84. The van der Waals surface area contributed by atoms with Gasteiger partial charge in [0.05, 0.1) is 13.2 Å². The van der Waals surface area contributed by atoms with Crippen molar-refractivity contribution in [2.75, 3.05) is 53.6 Å². The molecule has 100 valence electrons. The number of rotatable bonds is 10. The van der Waals surface area contributed by atoms with E-state index in [1.54, 1.807) is 14.0 Å². The Balaban J connectivity index is 3.50. The molecule has 5 heteroatoms. The Kier molecular flexibility index (Phi) is 9.71. The highest BCUT2D eigenvalue weighted by atomic mass is 16.5. The topological polar surface area (TPSA) is 50.8 Å². The van der Waals surface area contributed by atoms with Crippen molar-refractivity contribution < 1.29 is 14.3 Å². The lowest BCUT2D eigenvalue weighted by molar-refractivity contribution is -0.138. The van der Waals surface area contributed by atoms with Crippen LogP contribution in [0.2, 0.25) is 0 Å². The third-order valence-corrected chi connectivity index (χ3v) is 2.25. The van der Waals surface area contributed by atoms with Crippen LogP contribution in [0.4, 0.5) is 0 Å². The third kappa shape index (κ3) is 8.85. The number of esters is 1. The lowest BCUT2D eigenvalue weighted by Gasteiger charge is -2.16. The first-order chi connectivity index (χ1) is 8.11. The molecule has 0 atom stereocenters. The van der Waals surface area contributed by atoms with Gasteiger partial charge in [0.25, 0.3) is 0 Å². The summed E-state index contributed by atoms with van der Waals surface area (Å²) in [4.78, 5) is 13.4. The fourth-order valence-corrected chi connectivity index (χ4v) is 1.17. The molecule has 0 rings (SSSR count). The summed E-state index contributed by atoms with van der Waals surface area (Å²) in [5.74, 6) is -0.326. The van der Waals surface area contributed by atoms with Crippen LogP contribution < -0.4 is 5.32 Å². The number of methoxy groups -OCH3 is 1. The van der Waals surface area contributed by atoms with Crippen LogP contribution in [0.15, 0.2) is 12.2 Å². The quantitative estimate of drug-likeness (QED) is 0.340. The van der Waals surface area contributed by atoms with Gasteiger partial charge in [0, 0.05) is 38.9 Å². The summed E-state index contributed by atoms with van der Waals surface area (Å²) in [5, 5.41) is 3.15. The molecule has 5 nitrogen and oxygen atoms in total. The fourth-order valence-electron chi connectivity index (χ4n) is 1.17. The second-order valence-electron chi connectivity index (χ2n) is 3.80. The summed E-state index contributed by atoms with van der Waals surface area (Å²) in [6.45, 7) is 9.64. The van der Waals surface area contributed by atoms with E-state index < -0.39 is 0 Å². The molecule has 0 bridgehead atoms. The van der Waals surface area contributed by atoms with Crippen molar-refractivity contribution in [3.8, 4) is 0 Å². The van der Waals surface area contributed by atoms with E-state index in [0.717, 1.165) is 26.2 Å². The van der Waals surface area contributed by atoms with E-state index in [1.807, 2.05) is 7.05 Å². The number of likely N-dealkylation sites (N-methyl/N-ethyl adjacent to an activating group) is 1. The average Bonchev–Trinajstić information content (AvgIpc) is 2.32. The second-order valence-corrected chi connectivity index (χ2v) is 3.80. The van der Waals surface area contributed by atoms with Gasteiger partial charge in [-0.2, -0.15) is 0 Å². The van der Waals surface area contributed by atoms with Crippen LogP contribution in [-0.4, -0.2) is 64.4 Å². The molecule has 0 aliphatic heterocycles. The van der Waals surface area contributed by atoms with Gasteiger partial charge in [-0.3, -0.25) is 0 Å². The summed E-state index contributed by atoms with van der Waals surface area (Å²) in [5.41, 5.74) is 0.464. The van der Waals surface area contributed by atoms with Crippen molar-refractivity contribution in [3.63, 3.8) is 0 Å². The molecule has 0 heterocycles.